The molecule has 4 heteroatoms. The molecule has 2 N–H and O–H groups in total. The summed E-state index contributed by atoms with van der Waals surface area (Å²) >= 11 is 0. The maximum absolute atomic E-state index is 13.2. The van der Waals surface area contributed by atoms with Crippen LogP contribution in [0.1, 0.15) is 13.8 Å². The van der Waals surface area contributed by atoms with Crippen molar-refractivity contribution in [3.63, 3.8) is 0 Å². The lowest BCUT2D eigenvalue weighted by atomic mass is 10.2. The maximum Gasteiger partial charge on any atom is 0.251 e. The molecule has 0 heterocycles. The summed E-state index contributed by atoms with van der Waals surface area (Å²) in [4.78, 5) is 11.4. The van der Waals surface area contributed by atoms with E-state index in [1.165, 1.54) is 12.1 Å². The Morgan fingerprint density at radius 1 is 1.53 bits per heavy atom. The number of carbonyl (C=O) groups is 1. The number of hydrogen-bond acceptors (Lipinski definition) is 2. The van der Waals surface area contributed by atoms with Crippen molar-refractivity contribution < 1.29 is 14.3 Å². The number of rotatable bonds is 2. The molecule has 0 aromatic heterocycles. The van der Waals surface area contributed by atoms with Crippen molar-refractivity contribution in [3.05, 3.63) is 35.7 Å². The minimum atomic E-state index is -0.660. The highest BCUT2D eigenvalue weighted by molar-refractivity contribution is 6.03. The summed E-state index contributed by atoms with van der Waals surface area (Å²) in [6.45, 7) is 3.36. The number of phenolic OH excluding ortho intramolecular Hbond substituents is 1. The number of nitrogens with one attached hydrogen (secondary N) is 1. The molecule has 0 saturated heterocycles. The zero-order valence-electron chi connectivity index (χ0n) is 8.54. The number of phenols is 1. The highest BCUT2D eigenvalue weighted by Gasteiger charge is 2.08. The lowest BCUT2D eigenvalue weighted by Gasteiger charge is -2.06. The third kappa shape index (κ3) is 2.80. The number of benzene rings is 1. The van der Waals surface area contributed by atoms with Crippen molar-refractivity contribution in [2.24, 2.45) is 0 Å². The van der Waals surface area contributed by atoms with Gasteiger partial charge in [0.2, 0.25) is 0 Å². The predicted octanol–water partition coefficient (Wildman–Crippen LogP) is 2.44. The van der Waals surface area contributed by atoms with Crippen LogP contribution in [0.5, 0.6) is 5.75 Å². The number of anilines is 1. The van der Waals surface area contributed by atoms with Gasteiger partial charge in [-0.15, -0.1) is 0 Å². The second-order valence-electron chi connectivity index (χ2n) is 3.09. The quantitative estimate of drug-likeness (QED) is 0.580. The molecule has 0 bridgehead atoms. The van der Waals surface area contributed by atoms with E-state index in [-0.39, 0.29) is 17.3 Å². The standard InChI is InChI=1S/C11H12FNO2/c1-3-7(2)11(15)13-10-5-4-8(14)6-9(10)12/h3-6,14H,1-2H3,(H,13,15)/b7-3-. The van der Waals surface area contributed by atoms with E-state index in [9.17, 15) is 9.18 Å². The van der Waals surface area contributed by atoms with Gasteiger partial charge in [-0.25, -0.2) is 4.39 Å². The van der Waals surface area contributed by atoms with Crippen LogP contribution in [0, 0.1) is 5.82 Å². The monoisotopic (exact) mass is 209 g/mol. The average molecular weight is 209 g/mol. The Hall–Kier alpha value is -1.84. The molecule has 0 fully saturated rings. The number of allylic oxidation sites excluding steroid dienone is 1. The van der Waals surface area contributed by atoms with Crippen molar-refractivity contribution in [3.8, 4) is 5.75 Å². The van der Waals surface area contributed by atoms with Crippen LogP contribution in [0.4, 0.5) is 10.1 Å². The van der Waals surface area contributed by atoms with E-state index in [4.69, 9.17) is 5.11 Å². The van der Waals surface area contributed by atoms with Gasteiger partial charge in [0.1, 0.15) is 11.6 Å². The first kappa shape index (κ1) is 11.2. The van der Waals surface area contributed by atoms with E-state index >= 15 is 0 Å². The van der Waals surface area contributed by atoms with Crippen LogP contribution in [0.3, 0.4) is 0 Å². The Labute approximate surface area is 87.2 Å². The van der Waals surface area contributed by atoms with Gasteiger partial charge in [-0.1, -0.05) is 6.08 Å². The lowest BCUT2D eigenvalue weighted by Crippen LogP contribution is -2.13. The fourth-order valence-electron chi connectivity index (χ4n) is 0.957. The SMILES string of the molecule is C/C=C(/C)C(=O)Nc1ccc(O)cc1F. The van der Waals surface area contributed by atoms with E-state index in [0.29, 0.717) is 5.57 Å². The smallest absolute Gasteiger partial charge is 0.251 e. The van der Waals surface area contributed by atoms with E-state index in [1.54, 1.807) is 19.9 Å². The summed E-state index contributed by atoms with van der Waals surface area (Å²) in [7, 11) is 0. The minimum absolute atomic E-state index is 0.0546. The van der Waals surface area contributed by atoms with Gasteiger partial charge in [0.25, 0.3) is 5.91 Å². The molecule has 1 aromatic rings. The number of carbonyl (C=O) groups excluding carboxylic acids is 1. The molecule has 1 rings (SSSR count). The van der Waals surface area contributed by atoms with Gasteiger partial charge in [-0.05, 0) is 26.0 Å². The molecule has 0 saturated carbocycles. The highest BCUT2D eigenvalue weighted by atomic mass is 19.1. The topological polar surface area (TPSA) is 49.3 Å². The van der Waals surface area contributed by atoms with Gasteiger partial charge in [0, 0.05) is 11.6 Å². The number of hydrogen-bond donors (Lipinski definition) is 2. The molecule has 80 valence electrons. The summed E-state index contributed by atoms with van der Waals surface area (Å²) in [5.41, 5.74) is 0.557. The Bertz CT molecular complexity index is 413. The molecule has 0 aliphatic heterocycles. The molecule has 15 heavy (non-hydrogen) atoms. The van der Waals surface area contributed by atoms with Crippen LogP contribution in [-0.2, 0) is 4.79 Å². The van der Waals surface area contributed by atoms with E-state index in [1.807, 2.05) is 0 Å². The minimum Gasteiger partial charge on any atom is -0.508 e. The Morgan fingerprint density at radius 2 is 2.20 bits per heavy atom. The van der Waals surface area contributed by atoms with Gasteiger partial charge >= 0.3 is 0 Å². The summed E-state index contributed by atoms with van der Waals surface area (Å²) in [6.07, 6.45) is 1.63. The predicted molar refractivity (Wildman–Crippen MR) is 56.1 cm³/mol. The molecule has 0 radical (unpaired) electrons. The molecule has 3 nitrogen and oxygen atoms in total. The van der Waals surface area contributed by atoms with Gasteiger partial charge in [0.05, 0.1) is 5.69 Å². The number of amides is 1. The Balaban J connectivity index is 2.86. The first-order chi connectivity index (χ1) is 7.04. The van der Waals surface area contributed by atoms with Crippen molar-refractivity contribution in [2.45, 2.75) is 13.8 Å². The molecule has 0 spiro atoms. The van der Waals surface area contributed by atoms with Gasteiger partial charge in [0.15, 0.2) is 0 Å². The first-order valence-electron chi connectivity index (χ1n) is 4.47. The summed E-state index contributed by atoms with van der Waals surface area (Å²) < 4.78 is 13.2. The molecular weight excluding hydrogens is 197 g/mol. The summed E-state index contributed by atoms with van der Waals surface area (Å²) in [6, 6.07) is 3.57. The summed E-state index contributed by atoms with van der Waals surface area (Å²) in [5, 5.41) is 11.4. The second-order valence-corrected chi connectivity index (χ2v) is 3.09. The zero-order valence-corrected chi connectivity index (χ0v) is 8.54. The molecule has 0 aliphatic rings. The zero-order chi connectivity index (χ0) is 11.4. The van der Waals surface area contributed by atoms with Gasteiger partial charge in [-0.2, -0.15) is 0 Å². The molecule has 0 aliphatic carbocycles. The average Bonchev–Trinajstić information content (AvgIpc) is 2.20. The van der Waals surface area contributed by atoms with Gasteiger partial charge in [-0.3, -0.25) is 4.79 Å². The largest absolute Gasteiger partial charge is 0.508 e. The Kier molecular flexibility index (Phi) is 3.44. The van der Waals surface area contributed by atoms with Crippen molar-refractivity contribution >= 4 is 11.6 Å². The fourth-order valence-corrected chi connectivity index (χ4v) is 0.957. The summed E-state index contributed by atoms with van der Waals surface area (Å²) in [5.74, 6) is -1.19. The molecule has 1 amide bonds. The van der Waals surface area contributed by atoms with Crippen molar-refractivity contribution in [1.29, 1.82) is 0 Å². The van der Waals surface area contributed by atoms with Crippen molar-refractivity contribution in [2.75, 3.05) is 5.32 Å². The fraction of sp³-hybridized carbons (Fsp3) is 0.182. The van der Waals surface area contributed by atoms with Gasteiger partial charge < -0.3 is 10.4 Å². The number of halogens is 1. The highest BCUT2D eigenvalue weighted by Crippen LogP contribution is 2.19. The molecule has 1 aromatic carbocycles. The van der Waals surface area contributed by atoms with Crippen LogP contribution < -0.4 is 5.32 Å². The third-order valence-corrected chi connectivity index (χ3v) is 1.99. The van der Waals surface area contributed by atoms with Crippen LogP contribution in [-0.4, -0.2) is 11.0 Å². The lowest BCUT2D eigenvalue weighted by molar-refractivity contribution is -0.112. The van der Waals surface area contributed by atoms with Crippen LogP contribution in [0.25, 0.3) is 0 Å². The number of aromatic hydroxyl groups is 1. The third-order valence-electron chi connectivity index (χ3n) is 1.99. The molecular formula is C11H12FNO2. The Morgan fingerprint density at radius 3 is 2.73 bits per heavy atom. The van der Waals surface area contributed by atoms with E-state index < -0.39 is 5.82 Å². The maximum atomic E-state index is 13.2. The first-order valence-corrected chi connectivity index (χ1v) is 4.47. The van der Waals surface area contributed by atoms with E-state index in [0.717, 1.165) is 6.07 Å². The normalized spacial score (nSPS) is 11.3. The van der Waals surface area contributed by atoms with Crippen molar-refractivity contribution in [1.82, 2.24) is 0 Å². The van der Waals surface area contributed by atoms with Crippen LogP contribution in [0.2, 0.25) is 0 Å². The van der Waals surface area contributed by atoms with E-state index in [2.05, 4.69) is 5.32 Å². The van der Waals surface area contributed by atoms with Crippen LogP contribution >= 0.6 is 0 Å². The second kappa shape index (κ2) is 4.59. The molecule has 0 atom stereocenters. The van der Waals surface area contributed by atoms with Crippen LogP contribution in [0.15, 0.2) is 29.8 Å². The molecule has 0 unspecified atom stereocenters.